The minimum absolute atomic E-state index is 0.0285. The van der Waals surface area contributed by atoms with Crippen molar-refractivity contribution in [1.82, 2.24) is 4.90 Å². The SMILES string of the molecule is CCC(C)(C)OCCN(CCOC(C)(C)C)C(=O)CCCCC(=O)O. The number of rotatable bonds is 13. The Labute approximate surface area is 152 Å². The Hall–Kier alpha value is -1.14. The van der Waals surface area contributed by atoms with Crippen LogP contribution < -0.4 is 0 Å². The van der Waals surface area contributed by atoms with Crippen molar-refractivity contribution < 1.29 is 24.2 Å². The Morgan fingerprint density at radius 2 is 1.44 bits per heavy atom. The monoisotopic (exact) mass is 359 g/mol. The highest BCUT2D eigenvalue weighted by atomic mass is 16.5. The molecule has 0 rings (SSSR count). The number of amides is 1. The van der Waals surface area contributed by atoms with Gasteiger partial charge in [-0.3, -0.25) is 9.59 Å². The van der Waals surface area contributed by atoms with Gasteiger partial charge in [0.2, 0.25) is 5.91 Å². The van der Waals surface area contributed by atoms with E-state index in [4.69, 9.17) is 14.6 Å². The van der Waals surface area contributed by atoms with Gasteiger partial charge >= 0.3 is 5.97 Å². The van der Waals surface area contributed by atoms with Gasteiger partial charge in [0, 0.05) is 25.9 Å². The van der Waals surface area contributed by atoms with Crippen molar-refractivity contribution in [3.8, 4) is 0 Å². The maximum Gasteiger partial charge on any atom is 0.303 e. The molecule has 1 amide bonds. The molecule has 0 saturated heterocycles. The van der Waals surface area contributed by atoms with Crippen LogP contribution in [0.15, 0.2) is 0 Å². The Kier molecular flexibility index (Phi) is 10.9. The number of carbonyl (C=O) groups is 2. The van der Waals surface area contributed by atoms with Gasteiger partial charge in [-0.2, -0.15) is 0 Å². The zero-order valence-electron chi connectivity index (χ0n) is 16.9. The van der Waals surface area contributed by atoms with E-state index in [-0.39, 0.29) is 23.5 Å². The van der Waals surface area contributed by atoms with Gasteiger partial charge in [-0.25, -0.2) is 0 Å². The van der Waals surface area contributed by atoms with Crippen LogP contribution in [0, 0.1) is 0 Å². The number of carbonyl (C=O) groups excluding carboxylic acids is 1. The third-order valence-corrected chi connectivity index (χ3v) is 3.99. The highest BCUT2D eigenvalue weighted by Crippen LogP contribution is 2.14. The largest absolute Gasteiger partial charge is 0.481 e. The maximum absolute atomic E-state index is 12.4. The Bertz CT molecular complexity index is 401. The third-order valence-electron chi connectivity index (χ3n) is 3.99. The van der Waals surface area contributed by atoms with Crippen LogP contribution >= 0.6 is 0 Å². The first-order chi connectivity index (χ1) is 11.5. The van der Waals surface area contributed by atoms with Crippen LogP contribution in [0.1, 0.15) is 73.6 Å². The van der Waals surface area contributed by atoms with E-state index >= 15 is 0 Å². The Morgan fingerprint density at radius 3 is 1.92 bits per heavy atom. The zero-order valence-corrected chi connectivity index (χ0v) is 16.9. The van der Waals surface area contributed by atoms with Crippen LogP contribution in [0.25, 0.3) is 0 Å². The molecule has 6 heteroatoms. The number of ether oxygens (including phenoxy) is 2. The molecule has 6 nitrogen and oxygen atoms in total. The summed E-state index contributed by atoms with van der Waals surface area (Å²) in [6.45, 7) is 14.1. The van der Waals surface area contributed by atoms with E-state index in [1.165, 1.54) is 0 Å². The molecular weight excluding hydrogens is 322 g/mol. The van der Waals surface area contributed by atoms with Crippen molar-refractivity contribution in [2.45, 2.75) is 84.8 Å². The Morgan fingerprint density at radius 1 is 0.920 bits per heavy atom. The number of carboxylic acid groups (broad SMARTS) is 1. The van der Waals surface area contributed by atoms with Gasteiger partial charge in [0.25, 0.3) is 0 Å². The van der Waals surface area contributed by atoms with Crippen molar-refractivity contribution in [3.63, 3.8) is 0 Å². The fraction of sp³-hybridized carbons (Fsp3) is 0.895. The molecule has 0 aliphatic rings. The summed E-state index contributed by atoms with van der Waals surface area (Å²) in [5.74, 6) is -0.793. The molecule has 0 aromatic carbocycles. The second-order valence-corrected chi connectivity index (χ2v) is 7.90. The van der Waals surface area contributed by atoms with Gasteiger partial charge in [-0.05, 0) is 53.9 Å². The molecule has 0 radical (unpaired) electrons. The molecule has 0 saturated carbocycles. The fourth-order valence-electron chi connectivity index (χ4n) is 2.07. The van der Waals surface area contributed by atoms with Crippen LogP contribution in [0.4, 0.5) is 0 Å². The summed E-state index contributed by atoms with van der Waals surface area (Å²) in [6, 6.07) is 0. The fourth-order valence-corrected chi connectivity index (χ4v) is 2.07. The van der Waals surface area contributed by atoms with E-state index < -0.39 is 5.97 Å². The van der Waals surface area contributed by atoms with Gasteiger partial charge < -0.3 is 19.5 Å². The minimum Gasteiger partial charge on any atom is -0.481 e. The van der Waals surface area contributed by atoms with E-state index in [0.29, 0.717) is 45.6 Å². The lowest BCUT2D eigenvalue weighted by Crippen LogP contribution is -2.39. The molecular formula is C19H37NO5. The molecule has 1 N–H and O–H groups in total. The van der Waals surface area contributed by atoms with Crippen LogP contribution in [-0.4, -0.2) is 59.4 Å². The molecule has 0 heterocycles. The number of unbranched alkanes of at least 4 members (excludes halogenated alkanes) is 1. The summed E-state index contributed by atoms with van der Waals surface area (Å²) < 4.78 is 11.6. The molecule has 0 unspecified atom stereocenters. The second kappa shape index (κ2) is 11.5. The first kappa shape index (κ1) is 23.9. The summed E-state index contributed by atoms with van der Waals surface area (Å²) in [4.78, 5) is 24.7. The molecule has 25 heavy (non-hydrogen) atoms. The predicted molar refractivity (Wildman–Crippen MR) is 98.7 cm³/mol. The average Bonchev–Trinajstić information content (AvgIpc) is 2.48. The normalized spacial score (nSPS) is 12.2. The minimum atomic E-state index is -0.821. The van der Waals surface area contributed by atoms with Crippen LogP contribution in [0.5, 0.6) is 0 Å². The summed E-state index contributed by atoms with van der Waals surface area (Å²) in [5.41, 5.74) is -0.435. The van der Waals surface area contributed by atoms with Crippen LogP contribution in [0.2, 0.25) is 0 Å². The standard InChI is InChI=1S/C19H37NO5/c1-7-19(5,6)25-15-13-20(12-14-24-18(2,3)4)16(21)10-8-9-11-17(22)23/h7-15H2,1-6H3,(H,22,23). The molecule has 0 aromatic heterocycles. The number of hydrogen-bond acceptors (Lipinski definition) is 4. The van der Waals surface area contributed by atoms with Gasteiger partial charge in [0.1, 0.15) is 0 Å². The van der Waals surface area contributed by atoms with Crippen molar-refractivity contribution >= 4 is 11.9 Å². The summed E-state index contributed by atoms with van der Waals surface area (Å²) in [6.07, 6.45) is 2.48. The topological polar surface area (TPSA) is 76.1 Å². The van der Waals surface area contributed by atoms with Gasteiger partial charge in [0.15, 0.2) is 0 Å². The van der Waals surface area contributed by atoms with Crippen molar-refractivity contribution in [2.75, 3.05) is 26.3 Å². The zero-order chi connectivity index (χ0) is 19.5. The van der Waals surface area contributed by atoms with E-state index in [1.807, 2.05) is 34.6 Å². The van der Waals surface area contributed by atoms with E-state index in [9.17, 15) is 9.59 Å². The summed E-state index contributed by atoms with van der Waals surface area (Å²) >= 11 is 0. The van der Waals surface area contributed by atoms with E-state index in [0.717, 1.165) is 6.42 Å². The van der Waals surface area contributed by atoms with Crippen molar-refractivity contribution in [3.05, 3.63) is 0 Å². The third kappa shape index (κ3) is 13.8. The molecule has 0 fully saturated rings. The first-order valence-corrected chi connectivity index (χ1v) is 9.24. The lowest BCUT2D eigenvalue weighted by atomic mass is 10.1. The Balaban J connectivity index is 4.44. The lowest BCUT2D eigenvalue weighted by molar-refractivity contribution is -0.138. The maximum atomic E-state index is 12.4. The van der Waals surface area contributed by atoms with Crippen LogP contribution in [0.3, 0.4) is 0 Å². The molecule has 0 aromatic rings. The number of nitrogens with zero attached hydrogens (tertiary/aromatic N) is 1. The predicted octanol–water partition coefficient (Wildman–Crippen LogP) is 3.48. The highest BCUT2D eigenvalue weighted by Gasteiger charge is 2.19. The molecule has 0 aliphatic heterocycles. The highest BCUT2D eigenvalue weighted by molar-refractivity contribution is 5.76. The van der Waals surface area contributed by atoms with Crippen molar-refractivity contribution in [2.24, 2.45) is 0 Å². The van der Waals surface area contributed by atoms with Gasteiger partial charge in [0.05, 0.1) is 24.4 Å². The average molecular weight is 360 g/mol. The molecule has 148 valence electrons. The molecule has 0 aliphatic carbocycles. The summed E-state index contributed by atoms with van der Waals surface area (Å²) in [5, 5.41) is 8.67. The molecule has 0 atom stereocenters. The number of aliphatic carboxylic acids is 1. The van der Waals surface area contributed by atoms with Crippen LogP contribution in [-0.2, 0) is 19.1 Å². The summed E-state index contributed by atoms with van der Waals surface area (Å²) in [7, 11) is 0. The smallest absolute Gasteiger partial charge is 0.303 e. The van der Waals surface area contributed by atoms with Gasteiger partial charge in [-0.1, -0.05) is 6.92 Å². The lowest BCUT2D eigenvalue weighted by Gasteiger charge is -2.28. The van der Waals surface area contributed by atoms with E-state index in [2.05, 4.69) is 6.92 Å². The second-order valence-electron chi connectivity index (χ2n) is 7.90. The number of carboxylic acids is 1. The van der Waals surface area contributed by atoms with Crippen molar-refractivity contribution in [1.29, 1.82) is 0 Å². The van der Waals surface area contributed by atoms with E-state index in [1.54, 1.807) is 4.90 Å². The molecule has 0 bridgehead atoms. The van der Waals surface area contributed by atoms with Gasteiger partial charge in [-0.15, -0.1) is 0 Å². The molecule has 0 spiro atoms. The number of hydrogen-bond donors (Lipinski definition) is 1. The first-order valence-electron chi connectivity index (χ1n) is 9.24. The quantitative estimate of drug-likeness (QED) is 0.510.